The highest BCUT2D eigenvalue weighted by atomic mass is 32.1. The third kappa shape index (κ3) is 4.90. The summed E-state index contributed by atoms with van der Waals surface area (Å²) in [4.78, 5) is 0. The van der Waals surface area contributed by atoms with Crippen molar-refractivity contribution in [1.82, 2.24) is 10.7 Å². The maximum absolute atomic E-state index is 5.51. The summed E-state index contributed by atoms with van der Waals surface area (Å²) in [6.07, 6.45) is 11.2. The molecule has 1 atom stereocenters. The second-order valence-electron chi connectivity index (χ2n) is 5.13. The van der Waals surface area contributed by atoms with E-state index in [0.717, 1.165) is 26.0 Å². The Kier molecular flexibility index (Phi) is 5.87. The molecule has 1 saturated carbocycles. The van der Waals surface area contributed by atoms with E-state index in [1.54, 1.807) is 0 Å². The van der Waals surface area contributed by atoms with Gasteiger partial charge in [0.05, 0.1) is 6.10 Å². The van der Waals surface area contributed by atoms with Crippen molar-refractivity contribution in [2.24, 2.45) is 11.0 Å². The van der Waals surface area contributed by atoms with Crippen molar-refractivity contribution in [3.05, 3.63) is 0 Å². The average Bonchev–Trinajstić information content (AvgIpc) is 2.91. The molecule has 18 heavy (non-hydrogen) atoms. The van der Waals surface area contributed by atoms with Crippen LogP contribution in [-0.4, -0.2) is 30.6 Å². The molecular weight excluding hydrogens is 246 g/mol. The van der Waals surface area contributed by atoms with E-state index in [1.165, 1.54) is 32.1 Å². The Hall–Kier alpha value is -0.680. The Morgan fingerprint density at radius 2 is 2.06 bits per heavy atom. The van der Waals surface area contributed by atoms with Crippen LogP contribution in [0.5, 0.6) is 0 Å². The molecule has 0 spiro atoms. The summed E-state index contributed by atoms with van der Waals surface area (Å²) in [5.74, 6) is 0.632. The van der Waals surface area contributed by atoms with Crippen LogP contribution < -0.4 is 10.7 Å². The van der Waals surface area contributed by atoms with Crippen molar-refractivity contribution in [3.8, 4) is 0 Å². The van der Waals surface area contributed by atoms with Gasteiger partial charge < -0.3 is 10.1 Å². The summed E-state index contributed by atoms with van der Waals surface area (Å²) in [6.45, 7) is 1.66. The average molecular weight is 269 g/mol. The molecule has 5 heteroatoms. The number of ether oxygens (including phenoxy) is 1. The first-order chi connectivity index (χ1) is 8.84. The lowest BCUT2D eigenvalue weighted by atomic mass is 9.90. The summed E-state index contributed by atoms with van der Waals surface area (Å²) in [5.41, 5.74) is 2.89. The highest BCUT2D eigenvalue weighted by Crippen LogP contribution is 2.21. The minimum atomic E-state index is 0.312. The van der Waals surface area contributed by atoms with Crippen LogP contribution in [0.15, 0.2) is 5.10 Å². The van der Waals surface area contributed by atoms with Crippen LogP contribution in [0, 0.1) is 5.92 Å². The van der Waals surface area contributed by atoms with Crippen molar-refractivity contribution in [3.63, 3.8) is 0 Å². The van der Waals surface area contributed by atoms with Crippen molar-refractivity contribution >= 4 is 23.5 Å². The van der Waals surface area contributed by atoms with Crippen molar-refractivity contribution < 1.29 is 4.74 Å². The lowest BCUT2D eigenvalue weighted by Crippen LogP contribution is -2.37. The van der Waals surface area contributed by atoms with Crippen LogP contribution in [0.3, 0.4) is 0 Å². The van der Waals surface area contributed by atoms with Crippen LogP contribution in [0.2, 0.25) is 0 Å². The molecule has 2 rings (SSSR count). The molecule has 2 fully saturated rings. The zero-order chi connectivity index (χ0) is 12.6. The molecule has 0 amide bonds. The summed E-state index contributed by atoms with van der Waals surface area (Å²) in [6, 6.07) is 0. The SMILES string of the molecule is S=C(NC[C@@H]1CCCO1)NN=CC1CCCCC1. The predicted octanol–water partition coefficient (Wildman–Crippen LogP) is 2.20. The summed E-state index contributed by atoms with van der Waals surface area (Å²) in [5, 5.41) is 7.96. The van der Waals surface area contributed by atoms with Crippen molar-refractivity contribution in [2.45, 2.75) is 51.0 Å². The fraction of sp³-hybridized carbons (Fsp3) is 0.846. The van der Waals surface area contributed by atoms with Crippen LogP contribution in [-0.2, 0) is 4.74 Å². The van der Waals surface area contributed by atoms with E-state index in [-0.39, 0.29) is 0 Å². The highest BCUT2D eigenvalue weighted by Gasteiger charge is 2.15. The minimum absolute atomic E-state index is 0.312. The molecular formula is C13H23N3OS. The molecule has 0 aromatic carbocycles. The van der Waals surface area contributed by atoms with Gasteiger partial charge in [0.2, 0.25) is 0 Å². The maximum Gasteiger partial charge on any atom is 0.187 e. The van der Waals surface area contributed by atoms with Crippen molar-refractivity contribution in [1.29, 1.82) is 0 Å². The fourth-order valence-corrected chi connectivity index (χ4v) is 2.67. The van der Waals surface area contributed by atoms with E-state index in [9.17, 15) is 0 Å². The first kappa shape index (κ1) is 13.7. The van der Waals surface area contributed by atoms with Crippen LogP contribution in [0.25, 0.3) is 0 Å². The molecule has 0 radical (unpaired) electrons. The second-order valence-corrected chi connectivity index (χ2v) is 5.54. The maximum atomic E-state index is 5.51. The van der Waals surface area contributed by atoms with Gasteiger partial charge in [-0.05, 0) is 43.8 Å². The van der Waals surface area contributed by atoms with Crippen LogP contribution >= 0.6 is 12.2 Å². The number of rotatable bonds is 4. The topological polar surface area (TPSA) is 45.6 Å². The molecule has 1 heterocycles. The lowest BCUT2D eigenvalue weighted by molar-refractivity contribution is 0.114. The quantitative estimate of drug-likeness (QED) is 0.466. The zero-order valence-corrected chi connectivity index (χ0v) is 11.7. The van der Waals surface area contributed by atoms with Crippen LogP contribution in [0.4, 0.5) is 0 Å². The van der Waals surface area contributed by atoms with E-state index >= 15 is 0 Å². The Labute approximate surface area is 115 Å². The largest absolute Gasteiger partial charge is 0.376 e. The van der Waals surface area contributed by atoms with E-state index in [4.69, 9.17) is 17.0 Å². The van der Waals surface area contributed by atoms with E-state index in [1.807, 2.05) is 6.21 Å². The first-order valence-electron chi connectivity index (χ1n) is 7.03. The van der Waals surface area contributed by atoms with Gasteiger partial charge in [0.15, 0.2) is 5.11 Å². The van der Waals surface area contributed by atoms with Crippen LogP contribution in [0.1, 0.15) is 44.9 Å². The van der Waals surface area contributed by atoms with Gasteiger partial charge in [0.1, 0.15) is 0 Å². The van der Waals surface area contributed by atoms with Gasteiger partial charge in [-0.1, -0.05) is 19.3 Å². The third-order valence-electron chi connectivity index (χ3n) is 3.62. The number of hydrazone groups is 1. The second kappa shape index (κ2) is 7.69. The molecule has 1 saturated heterocycles. The highest BCUT2D eigenvalue weighted by molar-refractivity contribution is 7.80. The fourth-order valence-electron chi connectivity index (χ4n) is 2.54. The lowest BCUT2D eigenvalue weighted by Gasteiger charge is -2.17. The number of nitrogens with one attached hydrogen (secondary N) is 2. The Balaban J connectivity index is 1.57. The Morgan fingerprint density at radius 3 is 2.78 bits per heavy atom. The third-order valence-corrected chi connectivity index (χ3v) is 3.85. The number of hydrogen-bond acceptors (Lipinski definition) is 3. The number of thiocarbonyl (C=S) groups is 1. The minimum Gasteiger partial charge on any atom is -0.376 e. The molecule has 1 aliphatic carbocycles. The molecule has 2 aliphatic rings. The van der Waals surface area contributed by atoms with Gasteiger partial charge in [0, 0.05) is 19.4 Å². The predicted molar refractivity (Wildman–Crippen MR) is 77.8 cm³/mol. The van der Waals surface area contributed by atoms with Gasteiger partial charge in [0.25, 0.3) is 0 Å². The van der Waals surface area contributed by atoms with Gasteiger partial charge in [-0.3, -0.25) is 5.43 Å². The Bertz CT molecular complexity index is 284. The molecule has 0 bridgehead atoms. The van der Waals surface area contributed by atoms with Gasteiger partial charge >= 0.3 is 0 Å². The Morgan fingerprint density at radius 1 is 1.22 bits per heavy atom. The molecule has 1 aliphatic heterocycles. The normalized spacial score (nSPS) is 25.4. The van der Waals surface area contributed by atoms with Gasteiger partial charge in [-0.25, -0.2) is 0 Å². The molecule has 0 aromatic rings. The summed E-state index contributed by atoms with van der Waals surface area (Å²) < 4.78 is 5.51. The number of hydrogen-bond donors (Lipinski definition) is 2. The first-order valence-corrected chi connectivity index (χ1v) is 7.44. The molecule has 102 valence electrons. The summed E-state index contributed by atoms with van der Waals surface area (Å²) in [7, 11) is 0. The van der Waals surface area contributed by atoms with E-state index in [0.29, 0.717) is 17.1 Å². The van der Waals surface area contributed by atoms with E-state index < -0.39 is 0 Å². The molecule has 0 aromatic heterocycles. The zero-order valence-electron chi connectivity index (χ0n) is 10.9. The monoisotopic (exact) mass is 269 g/mol. The van der Waals surface area contributed by atoms with Gasteiger partial charge in [-0.2, -0.15) is 5.10 Å². The van der Waals surface area contributed by atoms with Gasteiger partial charge in [-0.15, -0.1) is 0 Å². The standard InChI is InChI=1S/C13H23N3OS/c18-13(14-10-12-7-4-8-17-12)16-15-9-11-5-2-1-3-6-11/h9,11-12H,1-8,10H2,(H2,14,16,18)/t12-/m0/s1. The molecule has 2 N–H and O–H groups in total. The smallest absolute Gasteiger partial charge is 0.187 e. The van der Waals surface area contributed by atoms with Crippen molar-refractivity contribution in [2.75, 3.05) is 13.2 Å². The summed E-state index contributed by atoms with van der Waals surface area (Å²) >= 11 is 5.16. The molecule has 4 nitrogen and oxygen atoms in total. The van der Waals surface area contributed by atoms with E-state index in [2.05, 4.69) is 15.8 Å². The molecule has 0 unspecified atom stereocenters. The number of nitrogens with zero attached hydrogens (tertiary/aromatic N) is 1.